The fourth-order valence-electron chi connectivity index (χ4n) is 7.12. The molecule has 3 aromatic heterocycles. The number of nitrogens with zero attached hydrogens (tertiary/aromatic N) is 9. The number of aromatic nitrogens is 8. The minimum atomic E-state index is -5.28. The van der Waals surface area contributed by atoms with Crippen molar-refractivity contribution in [1.29, 1.82) is 0 Å². The number of anilines is 2. The fourth-order valence-corrected chi connectivity index (χ4v) is 7.12. The molecule has 4 atom stereocenters. The second-order valence-electron chi connectivity index (χ2n) is 13.2. The number of likely N-dealkylation sites (tertiary alicyclic amines) is 1. The smallest absolute Gasteiger partial charge is 0.451 e. The number of halogens is 3. The molecular weight excluding hydrogens is 679 g/mol. The van der Waals surface area contributed by atoms with Gasteiger partial charge in [-0.2, -0.15) is 27.9 Å². The van der Waals surface area contributed by atoms with Crippen LogP contribution in [-0.2, 0) is 9.53 Å². The van der Waals surface area contributed by atoms with E-state index in [4.69, 9.17) is 14.7 Å². The standard InChI is InChI=1S/C35H40F3N11O3/c1-22-44-46-49(45-22)26-19-27(30(29(26)50)52-33(51)35(36,37)38)48-21-41-28-31(42-34(43-32(28)48)39-15-18-47-16-9-4-10-17-47)40-20-25(23-11-5-2-6-12-23)24-13-7-3-8-14-24/h2-3,5-8,11-14,21,25-27,29-30,50H,4,9-10,15-20H2,1H3,(H2,39,40,42,43)/t26-,27+,29+,30-/m0/s1. The Hall–Kier alpha value is -5.16. The van der Waals surface area contributed by atoms with Gasteiger partial charge < -0.3 is 29.9 Å². The van der Waals surface area contributed by atoms with Gasteiger partial charge in [0.15, 0.2) is 28.9 Å². The van der Waals surface area contributed by atoms with Crippen molar-refractivity contribution in [2.24, 2.45) is 0 Å². The minimum absolute atomic E-state index is 0.00714. The van der Waals surface area contributed by atoms with Gasteiger partial charge in [0, 0.05) is 25.6 Å². The summed E-state index contributed by atoms with van der Waals surface area (Å²) < 4.78 is 46.9. The van der Waals surface area contributed by atoms with E-state index in [1.165, 1.54) is 17.3 Å². The lowest BCUT2D eigenvalue weighted by Crippen LogP contribution is -2.39. The summed E-state index contributed by atoms with van der Waals surface area (Å²) in [6.45, 7) is 5.41. The van der Waals surface area contributed by atoms with E-state index in [9.17, 15) is 23.1 Å². The molecule has 0 radical (unpaired) electrons. The number of ether oxygens (including phenoxy) is 1. The third kappa shape index (κ3) is 7.69. The number of carbonyl (C=O) groups excluding carboxylic acids is 1. The van der Waals surface area contributed by atoms with Gasteiger partial charge in [0.2, 0.25) is 5.95 Å². The lowest BCUT2D eigenvalue weighted by molar-refractivity contribution is -0.210. The van der Waals surface area contributed by atoms with Crippen LogP contribution in [0.2, 0.25) is 0 Å². The largest absolute Gasteiger partial charge is 0.490 e. The van der Waals surface area contributed by atoms with Crippen molar-refractivity contribution in [3.8, 4) is 0 Å². The van der Waals surface area contributed by atoms with Crippen LogP contribution in [0.5, 0.6) is 0 Å². The van der Waals surface area contributed by atoms with E-state index < -0.39 is 36.4 Å². The van der Waals surface area contributed by atoms with Crippen molar-refractivity contribution in [2.45, 2.75) is 69.0 Å². The second kappa shape index (κ2) is 15.2. The number of aliphatic hydroxyl groups is 1. The number of esters is 1. The van der Waals surface area contributed by atoms with Crippen LogP contribution in [0, 0.1) is 6.92 Å². The molecule has 0 amide bonds. The molecule has 3 N–H and O–H groups in total. The average molecular weight is 720 g/mol. The van der Waals surface area contributed by atoms with Crippen LogP contribution in [0.1, 0.15) is 60.6 Å². The number of aryl methyl sites for hydroxylation is 1. The van der Waals surface area contributed by atoms with E-state index in [-0.39, 0.29) is 23.9 Å². The summed E-state index contributed by atoms with van der Waals surface area (Å²) >= 11 is 0. The minimum Gasteiger partial charge on any atom is -0.451 e. The normalized spacial score (nSPS) is 21.1. The van der Waals surface area contributed by atoms with Crippen LogP contribution in [0.4, 0.5) is 24.9 Å². The summed E-state index contributed by atoms with van der Waals surface area (Å²) in [4.78, 5) is 29.9. The highest BCUT2D eigenvalue weighted by Crippen LogP contribution is 2.42. The van der Waals surface area contributed by atoms with E-state index in [1.807, 2.05) is 36.4 Å². The van der Waals surface area contributed by atoms with Gasteiger partial charge in [0.05, 0.1) is 12.4 Å². The molecule has 1 saturated carbocycles. The number of imidazole rings is 1. The number of benzene rings is 2. The molecule has 52 heavy (non-hydrogen) atoms. The Bertz CT molecular complexity index is 1910. The van der Waals surface area contributed by atoms with Crippen LogP contribution in [0.15, 0.2) is 67.0 Å². The van der Waals surface area contributed by atoms with Crippen LogP contribution in [0.3, 0.4) is 0 Å². The number of fused-ring (bicyclic) bond motifs is 1. The molecule has 274 valence electrons. The molecule has 5 aromatic rings. The lowest BCUT2D eigenvalue weighted by Gasteiger charge is -2.26. The van der Waals surface area contributed by atoms with Crippen LogP contribution in [-0.4, -0.2) is 107 Å². The molecule has 7 rings (SSSR count). The molecular formula is C35H40F3N11O3. The van der Waals surface area contributed by atoms with Gasteiger partial charge in [-0.05, 0) is 55.6 Å². The van der Waals surface area contributed by atoms with Crippen LogP contribution in [0.25, 0.3) is 11.2 Å². The van der Waals surface area contributed by atoms with Gasteiger partial charge in [-0.3, -0.25) is 0 Å². The number of hydrogen-bond acceptors (Lipinski definition) is 12. The molecule has 2 fully saturated rings. The fraction of sp³-hybridized carbons (Fsp3) is 0.457. The number of hydrogen-bond donors (Lipinski definition) is 3. The Kier molecular flexibility index (Phi) is 10.3. The Balaban J connectivity index is 1.24. The summed E-state index contributed by atoms with van der Waals surface area (Å²) in [5, 5.41) is 30.1. The molecule has 0 bridgehead atoms. The highest BCUT2D eigenvalue weighted by molar-refractivity contribution is 5.84. The molecule has 1 aliphatic heterocycles. The van der Waals surface area contributed by atoms with E-state index in [2.05, 4.69) is 60.2 Å². The quantitative estimate of drug-likeness (QED) is 0.157. The first-order valence-electron chi connectivity index (χ1n) is 17.4. The highest BCUT2D eigenvalue weighted by Gasteiger charge is 2.52. The van der Waals surface area contributed by atoms with Crippen molar-refractivity contribution < 1.29 is 27.8 Å². The summed E-state index contributed by atoms with van der Waals surface area (Å²) in [7, 11) is 0. The Labute approximate surface area is 297 Å². The summed E-state index contributed by atoms with van der Waals surface area (Å²) in [5.41, 5.74) is 2.82. The third-order valence-corrected chi connectivity index (χ3v) is 9.71. The van der Waals surface area contributed by atoms with Crippen LogP contribution < -0.4 is 10.6 Å². The second-order valence-corrected chi connectivity index (χ2v) is 13.2. The maximum Gasteiger partial charge on any atom is 0.490 e. The topological polar surface area (TPSA) is 161 Å². The van der Waals surface area contributed by atoms with Gasteiger partial charge in [0.25, 0.3) is 0 Å². The van der Waals surface area contributed by atoms with E-state index in [0.29, 0.717) is 30.2 Å². The molecule has 1 aliphatic carbocycles. The molecule has 4 heterocycles. The van der Waals surface area contributed by atoms with E-state index in [1.54, 1.807) is 6.92 Å². The van der Waals surface area contributed by atoms with Gasteiger partial charge in [0.1, 0.15) is 12.1 Å². The maximum atomic E-state index is 13.5. The summed E-state index contributed by atoms with van der Waals surface area (Å²) in [5.74, 6) is -1.47. The zero-order valence-corrected chi connectivity index (χ0v) is 28.5. The number of alkyl halides is 3. The van der Waals surface area contributed by atoms with Gasteiger partial charge >= 0.3 is 12.1 Å². The lowest BCUT2D eigenvalue weighted by atomic mass is 9.91. The van der Waals surface area contributed by atoms with E-state index in [0.717, 1.165) is 48.4 Å². The molecule has 14 nitrogen and oxygen atoms in total. The molecule has 0 unspecified atom stereocenters. The Morgan fingerprint density at radius 3 is 2.31 bits per heavy atom. The number of rotatable bonds is 12. The first kappa shape index (κ1) is 35.3. The SMILES string of the molecule is Cc1nnn([C@H]2C[C@@H](n3cnc4c(NCC(c5ccccc5)c5ccccc5)nc(NCCN5CCCCC5)nc43)[C@H](OC(=O)C(F)(F)F)[C@@H]2O)n1. The molecule has 2 aromatic carbocycles. The third-order valence-electron chi connectivity index (χ3n) is 9.71. The predicted octanol–water partition coefficient (Wildman–Crippen LogP) is 4.28. The number of aliphatic hydroxyl groups excluding tert-OH is 1. The zero-order valence-electron chi connectivity index (χ0n) is 28.5. The van der Waals surface area contributed by atoms with Crippen molar-refractivity contribution in [1.82, 2.24) is 44.6 Å². The molecule has 1 saturated heterocycles. The highest BCUT2D eigenvalue weighted by atomic mass is 19.4. The molecule has 0 spiro atoms. The molecule has 17 heteroatoms. The first-order chi connectivity index (χ1) is 25.2. The van der Waals surface area contributed by atoms with Crippen LogP contribution >= 0.6 is 0 Å². The number of tetrazole rings is 1. The van der Waals surface area contributed by atoms with Crippen molar-refractivity contribution in [3.05, 3.63) is 83.9 Å². The van der Waals surface area contributed by atoms with Crippen molar-refractivity contribution in [3.63, 3.8) is 0 Å². The van der Waals surface area contributed by atoms with Gasteiger partial charge in [-0.1, -0.05) is 67.1 Å². The predicted molar refractivity (Wildman–Crippen MR) is 185 cm³/mol. The number of piperidine rings is 1. The number of nitrogens with one attached hydrogen (secondary N) is 2. The average Bonchev–Trinajstić information content (AvgIpc) is 3.86. The monoisotopic (exact) mass is 719 g/mol. The number of carbonyl (C=O) groups is 1. The van der Waals surface area contributed by atoms with Crippen molar-refractivity contribution >= 4 is 28.9 Å². The Morgan fingerprint density at radius 1 is 0.981 bits per heavy atom. The van der Waals surface area contributed by atoms with Gasteiger partial charge in [-0.25, -0.2) is 9.78 Å². The van der Waals surface area contributed by atoms with Crippen molar-refractivity contribution in [2.75, 3.05) is 43.4 Å². The first-order valence-corrected chi connectivity index (χ1v) is 17.4. The maximum absolute atomic E-state index is 13.5. The molecule has 2 aliphatic rings. The van der Waals surface area contributed by atoms with Gasteiger partial charge in [-0.15, -0.1) is 10.2 Å². The summed E-state index contributed by atoms with van der Waals surface area (Å²) in [6, 6.07) is 18.2. The zero-order chi connectivity index (χ0) is 36.2. The Morgan fingerprint density at radius 2 is 1.67 bits per heavy atom. The van der Waals surface area contributed by atoms with E-state index >= 15 is 0 Å². The summed E-state index contributed by atoms with van der Waals surface area (Å²) in [6.07, 6.45) is -3.57.